The summed E-state index contributed by atoms with van der Waals surface area (Å²) in [5.74, 6) is 0. The van der Waals surface area contributed by atoms with Crippen molar-refractivity contribution in [3.63, 3.8) is 0 Å². The summed E-state index contributed by atoms with van der Waals surface area (Å²) < 4.78 is 5.29. The van der Waals surface area contributed by atoms with Gasteiger partial charge in [0, 0.05) is 0 Å². The smallest absolute Gasteiger partial charge is 0.408 e. The lowest BCUT2D eigenvalue weighted by Gasteiger charge is -2.35. The van der Waals surface area contributed by atoms with Crippen molar-refractivity contribution in [3.05, 3.63) is 71.8 Å². The lowest BCUT2D eigenvalue weighted by Crippen LogP contribution is -2.42. The Labute approximate surface area is 160 Å². The van der Waals surface area contributed by atoms with E-state index in [1.165, 1.54) is 0 Å². The third-order valence-corrected chi connectivity index (χ3v) is 6.12. The second-order valence-corrected chi connectivity index (χ2v) is 7.51. The molecule has 5 nitrogen and oxygen atoms in total. The van der Waals surface area contributed by atoms with Gasteiger partial charge in [-0.05, 0) is 43.4 Å². The molecule has 1 amide bonds. The molecule has 1 fully saturated rings. The van der Waals surface area contributed by atoms with Crippen molar-refractivity contribution in [1.82, 2.24) is 5.32 Å². The zero-order chi connectivity index (χ0) is 19.0. The summed E-state index contributed by atoms with van der Waals surface area (Å²) in [6, 6.07) is 19.7. The average molecular weight is 371 g/mol. The Hall–Kier alpha value is -3.15. The van der Waals surface area contributed by atoms with Crippen molar-refractivity contribution in [3.8, 4) is 0 Å². The minimum absolute atomic E-state index is 0.505. The minimum atomic E-state index is -1.17. The maximum atomic E-state index is 12.0. The zero-order valence-corrected chi connectivity index (χ0v) is 14.8. The average Bonchev–Trinajstić information content (AvgIpc) is 3.13. The molecule has 6 rings (SSSR count). The highest BCUT2D eigenvalue weighted by atomic mass is 16.6. The van der Waals surface area contributed by atoms with Crippen LogP contribution >= 0.6 is 0 Å². The highest BCUT2D eigenvalue weighted by Crippen LogP contribution is 2.47. The summed E-state index contributed by atoms with van der Waals surface area (Å²) in [6.45, 7) is 0. The van der Waals surface area contributed by atoms with Crippen LogP contribution in [0.4, 0.5) is 4.79 Å². The topological polar surface area (TPSA) is 78.8 Å². The number of ether oxygens (including phenoxy) is 1. The van der Waals surface area contributed by atoms with E-state index in [-0.39, 0.29) is 0 Å². The molecular weight excluding hydrogens is 354 g/mol. The molecule has 28 heavy (non-hydrogen) atoms. The van der Waals surface area contributed by atoms with E-state index in [9.17, 15) is 15.0 Å². The van der Waals surface area contributed by atoms with Gasteiger partial charge in [0.1, 0.15) is 12.2 Å². The van der Waals surface area contributed by atoms with Crippen LogP contribution in [-0.2, 0) is 4.74 Å². The van der Waals surface area contributed by atoms with Gasteiger partial charge in [-0.25, -0.2) is 4.79 Å². The van der Waals surface area contributed by atoms with E-state index in [2.05, 4.69) is 29.6 Å². The molecule has 138 valence electrons. The lowest BCUT2D eigenvalue weighted by atomic mass is 9.78. The van der Waals surface area contributed by atoms with Crippen molar-refractivity contribution >= 4 is 38.4 Å². The van der Waals surface area contributed by atoms with E-state index in [4.69, 9.17) is 4.74 Å². The van der Waals surface area contributed by atoms with Gasteiger partial charge >= 0.3 is 6.09 Å². The predicted octanol–water partition coefficient (Wildman–Crippen LogP) is 3.70. The fraction of sp³-hybridized carbons (Fsp3) is 0.174. The van der Waals surface area contributed by atoms with Gasteiger partial charge in [-0.2, -0.15) is 0 Å². The number of benzene rings is 4. The Morgan fingerprint density at radius 1 is 0.786 bits per heavy atom. The highest BCUT2D eigenvalue weighted by Gasteiger charge is 2.49. The van der Waals surface area contributed by atoms with Crippen LogP contribution < -0.4 is 5.32 Å². The molecule has 1 aliphatic carbocycles. The van der Waals surface area contributed by atoms with E-state index in [1.54, 1.807) is 0 Å². The van der Waals surface area contributed by atoms with Crippen molar-refractivity contribution in [2.45, 2.75) is 24.4 Å². The summed E-state index contributed by atoms with van der Waals surface area (Å²) in [4.78, 5) is 12.0. The van der Waals surface area contributed by atoms with Gasteiger partial charge in [-0.3, -0.25) is 0 Å². The minimum Gasteiger partial charge on any atom is -0.441 e. The number of hydrogen-bond acceptors (Lipinski definition) is 4. The van der Waals surface area contributed by atoms with Crippen LogP contribution in [0.25, 0.3) is 32.3 Å². The van der Waals surface area contributed by atoms with Crippen molar-refractivity contribution in [1.29, 1.82) is 0 Å². The van der Waals surface area contributed by atoms with Gasteiger partial charge in [0.05, 0.1) is 6.04 Å². The molecule has 0 unspecified atom stereocenters. The van der Waals surface area contributed by atoms with Crippen LogP contribution in [-0.4, -0.2) is 28.5 Å². The summed E-state index contributed by atoms with van der Waals surface area (Å²) in [5, 5.41) is 30.5. The van der Waals surface area contributed by atoms with Gasteiger partial charge in [-0.15, -0.1) is 0 Å². The summed E-state index contributed by atoms with van der Waals surface area (Å²) in [7, 11) is 0. The molecule has 0 radical (unpaired) electrons. The molecule has 0 aromatic heterocycles. The Balaban J connectivity index is 1.84. The van der Waals surface area contributed by atoms with Crippen LogP contribution in [0.3, 0.4) is 0 Å². The second kappa shape index (κ2) is 5.44. The molecule has 4 aromatic carbocycles. The van der Waals surface area contributed by atoms with Crippen molar-refractivity contribution in [2.24, 2.45) is 0 Å². The number of fused-ring (bicyclic) bond motifs is 10. The Morgan fingerprint density at radius 3 is 2.04 bits per heavy atom. The van der Waals surface area contributed by atoms with Crippen LogP contribution in [0.15, 0.2) is 60.7 Å². The summed E-state index contributed by atoms with van der Waals surface area (Å²) in [6.07, 6.45) is -3.67. The van der Waals surface area contributed by atoms with E-state index in [1.807, 2.05) is 36.4 Å². The third kappa shape index (κ3) is 1.90. The largest absolute Gasteiger partial charge is 0.441 e. The highest BCUT2D eigenvalue weighted by molar-refractivity contribution is 6.26. The monoisotopic (exact) mass is 371 g/mol. The number of hydrogen-bond donors (Lipinski definition) is 3. The van der Waals surface area contributed by atoms with Gasteiger partial charge < -0.3 is 20.3 Å². The number of nitrogens with one attached hydrogen (secondary N) is 1. The Kier molecular flexibility index (Phi) is 3.08. The van der Waals surface area contributed by atoms with Crippen LogP contribution in [0.1, 0.15) is 23.3 Å². The van der Waals surface area contributed by atoms with Gasteiger partial charge in [-0.1, -0.05) is 60.7 Å². The van der Waals surface area contributed by atoms with Crippen LogP contribution in [0.2, 0.25) is 0 Å². The number of amides is 1. The molecule has 0 bridgehead atoms. The molecule has 1 aliphatic heterocycles. The van der Waals surface area contributed by atoms with E-state index < -0.39 is 30.4 Å². The van der Waals surface area contributed by atoms with Crippen molar-refractivity contribution < 1.29 is 19.7 Å². The first-order valence-electron chi connectivity index (χ1n) is 9.34. The molecule has 3 N–H and O–H groups in total. The fourth-order valence-corrected chi connectivity index (χ4v) is 4.93. The van der Waals surface area contributed by atoms with E-state index in [0.29, 0.717) is 5.56 Å². The number of alkyl carbamates (subject to hydrolysis) is 1. The molecule has 1 saturated heterocycles. The van der Waals surface area contributed by atoms with Crippen molar-refractivity contribution in [2.75, 3.05) is 0 Å². The molecule has 1 heterocycles. The fourth-order valence-electron chi connectivity index (χ4n) is 4.93. The normalized spacial score (nSPS) is 26.1. The summed E-state index contributed by atoms with van der Waals surface area (Å²) in [5.41, 5.74) is 1.46. The number of aliphatic hydroxyl groups is 2. The predicted molar refractivity (Wildman–Crippen MR) is 106 cm³/mol. The van der Waals surface area contributed by atoms with Crippen LogP contribution in [0, 0.1) is 0 Å². The molecular formula is C23H17NO4. The molecule has 0 saturated carbocycles. The lowest BCUT2D eigenvalue weighted by molar-refractivity contribution is -0.0668. The number of rotatable bonds is 0. The molecule has 2 aliphatic rings. The molecule has 5 heteroatoms. The number of carbonyl (C=O) groups is 1. The van der Waals surface area contributed by atoms with E-state index >= 15 is 0 Å². The standard InChI is InChI=1S/C23H17NO4/c25-20-16-10-9-15-13-7-2-1-5-11(13)12-6-3-4-8-14(12)17(15)18(16)19-22(21(20)26)28-23(27)24-19/h1-10,19-22,25-26H,(H,24,27)/t19-,20-,21+,22-/m1/s1. The molecule has 4 aromatic rings. The molecule has 4 atom stereocenters. The third-order valence-electron chi connectivity index (χ3n) is 6.12. The Bertz CT molecular complexity index is 1260. The van der Waals surface area contributed by atoms with Gasteiger partial charge in [0.25, 0.3) is 0 Å². The molecule has 0 spiro atoms. The zero-order valence-electron chi connectivity index (χ0n) is 14.8. The first kappa shape index (κ1) is 15.9. The van der Waals surface area contributed by atoms with E-state index in [0.717, 1.165) is 37.9 Å². The SMILES string of the molecule is O=C1N[C@@H]2c3c(ccc4c5ccccc5c5ccccc5c34)[C@@H](O)[C@H](O)[C@@H]2O1. The van der Waals surface area contributed by atoms with Crippen LogP contribution in [0.5, 0.6) is 0 Å². The van der Waals surface area contributed by atoms with Gasteiger partial charge in [0.2, 0.25) is 0 Å². The maximum Gasteiger partial charge on any atom is 0.408 e. The maximum absolute atomic E-state index is 12.0. The Morgan fingerprint density at radius 2 is 1.36 bits per heavy atom. The first-order chi connectivity index (χ1) is 13.6. The quantitative estimate of drug-likeness (QED) is 0.412. The first-order valence-corrected chi connectivity index (χ1v) is 9.34. The summed E-state index contributed by atoms with van der Waals surface area (Å²) >= 11 is 0. The van der Waals surface area contributed by atoms with Gasteiger partial charge in [0.15, 0.2) is 6.10 Å². The number of aliphatic hydroxyl groups excluding tert-OH is 2. The second-order valence-electron chi connectivity index (χ2n) is 7.51. The number of carbonyl (C=O) groups excluding carboxylic acids is 1.